The summed E-state index contributed by atoms with van der Waals surface area (Å²) in [5.41, 5.74) is 0.390. The standard InChI is InChI=1S/C30H33ClFN5O5/c1-18(19(2)38)37-28(40)23(22-7-5-8-24(32)27(22)31)16-35(30(37)42)17-26(39)34-13-11-21(12-14-34)36-15-10-20-6-3-4-9-25(20)33-29(36)41/h3-9,16,18-19,21,38H,10-15,17H2,1-2H3,(H,33,41). The Hall–Kier alpha value is -3.96. The van der Waals surface area contributed by atoms with Crippen molar-refractivity contribution in [1.29, 1.82) is 0 Å². The van der Waals surface area contributed by atoms with Crippen LogP contribution in [0.1, 0.15) is 38.3 Å². The lowest BCUT2D eigenvalue weighted by Crippen LogP contribution is -2.51. The van der Waals surface area contributed by atoms with Crippen LogP contribution in [0.2, 0.25) is 5.02 Å². The van der Waals surface area contributed by atoms with Crippen molar-refractivity contribution in [2.45, 2.75) is 57.8 Å². The number of aromatic nitrogens is 2. The fraction of sp³-hybridized carbons (Fsp3) is 0.400. The Bertz CT molecular complexity index is 1630. The minimum Gasteiger partial charge on any atom is -0.391 e. The Morgan fingerprint density at radius 1 is 1.05 bits per heavy atom. The van der Waals surface area contributed by atoms with E-state index in [1.54, 1.807) is 4.90 Å². The maximum atomic E-state index is 14.3. The average Bonchev–Trinajstić information content (AvgIpc) is 3.14. The summed E-state index contributed by atoms with van der Waals surface area (Å²) in [5.74, 6) is -1.07. The molecule has 2 N–H and O–H groups in total. The normalized spacial score (nSPS) is 17.3. The molecule has 0 radical (unpaired) electrons. The van der Waals surface area contributed by atoms with Crippen LogP contribution in [-0.4, -0.2) is 67.8 Å². The number of hydrogen-bond donors (Lipinski definition) is 2. The number of anilines is 1. The van der Waals surface area contributed by atoms with E-state index in [0.29, 0.717) is 32.5 Å². The highest BCUT2D eigenvalue weighted by atomic mass is 35.5. The van der Waals surface area contributed by atoms with Crippen LogP contribution in [0, 0.1) is 5.82 Å². The summed E-state index contributed by atoms with van der Waals surface area (Å²) in [5, 5.41) is 12.9. The lowest BCUT2D eigenvalue weighted by molar-refractivity contribution is -0.133. The van der Waals surface area contributed by atoms with Crippen LogP contribution in [-0.2, 0) is 17.8 Å². The van der Waals surface area contributed by atoms with Gasteiger partial charge in [-0.25, -0.2) is 14.0 Å². The van der Waals surface area contributed by atoms with E-state index >= 15 is 0 Å². The first-order chi connectivity index (χ1) is 20.1. The predicted octanol–water partition coefficient (Wildman–Crippen LogP) is 3.49. The molecule has 12 heteroatoms. The van der Waals surface area contributed by atoms with E-state index in [4.69, 9.17) is 11.6 Å². The van der Waals surface area contributed by atoms with Crippen LogP contribution in [0.5, 0.6) is 0 Å². The molecule has 5 rings (SSSR count). The van der Waals surface area contributed by atoms with Gasteiger partial charge in [0.1, 0.15) is 12.4 Å². The zero-order valence-corrected chi connectivity index (χ0v) is 24.2. The number of benzene rings is 2. The number of carbonyl (C=O) groups excluding carboxylic acids is 2. The van der Waals surface area contributed by atoms with Crippen LogP contribution in [0.4, 0.5) is 14.9 Å². The number of nitrogens with zero attached hydrogens (tertiary/aromatic N) is 4. The predicted molar refractivity (Wildman–Crippen MR) is 157 cm³/mol. The quantitative estimate of drug-likeness (QED) is 0.451. The molecule has 2 atom stereocenters. The zero-order chi connectivity index (χ0) is 30.1. The highest BCUT2D eigenvalue weighted by Gasteiger charge is 2.32. The molecule has 1 aromatic heterocycles. The van der Waals surface area contributed by atoms with Gasteiger partial charge in [0.2, 0.25) is 5.91 Å². The molecule has 2 aliphatic heterocycles. The number of urea groups is 1. The Balaban J connectivity index is 1.35. The van der Waals surface area contributed by atoms with Crippen LogP contribution in [0.3, 0.4) is 0 Å². The molecule has 0 spiro atoms. The number of aliphatic hydroxyl groups excluding tert-OH is 1. The second-order valence-corrected chi connectivity index (χ2v) is 11.2. The van der Waals surface area contributed by atoms with Gasteiger partial charge in [-0.15, -0.1) is 0 Å². The molecule has 1 fully saturated rings. The van der Waals surface area contributed by atoms with Gasteiger partial charge in [-0.05, 0) is 50.8 Å². The number of aliphatic hydroxyl groups is 1. The van der Waals surface area contributed by atoms with Crippen LogP contribution in [0.15, 0.2) is 58.3 Å². The summed E-state index contributed by atoms with van der Waals surface area (Å²) >= 11 is 6.17. The minimum absolute atomic E-state index is 0.0402. The molecule has 2 aliphatic rings. The van der Waals surface area contributed by atoms with Gasteiger partial charge >= 0.3 is 11.7 Å². The molecule has 10 nitrogen and oxygen atoms in total. The molecule has 222 valence electrons. The van der Waals surface area contributed by atoms with Gasteiger partial charge in [-0.1, -0.05) is 41.9 Å². The molecule has 0 aliphatic carbocycles. The van der Waals surface area contributed by atoms with E-state index in [-0.39, 0.29) is 40.7 Å². The lowest BCUT2D eigenvalue weighted by Gasteiger charge is -2.38. The largest absolute Gasteiger partial charge is 0.391 e. The van der Waals surface area contributed by atoms with E-state index in [1.807, 2.05) is 29.2 Å². The molecule has 3 heterocycles. The first-order valence-corrected chi connectivity index (χ1v) is 14.4. The topological polar surface area (TPSA) is 117 Å². The first kappa shape index (κ1) is 29.5. The van der Waals surface area contributed by atoms with Gasteiger partial charge in [-0.3, -0.25) is 18.7 Å². The summed E-state index contributed by atoms with van der Waals surface area (Å²) in [6, 6.07) is 10.6. The summed E-state index contributed by atoms with van der Waals surface area (Å²) < 4.78 is 16.2. The molecule has 42 heavy (non-hydrogen) atoms. The summed E-state index contributed by atoms with van der Waals surface area (Å²) in [6.07, 6.45) is 2.05. The fourth-order valence-electron chi connectivity index (χ4n) is 5.62. The van der Waals surface area contributed by atoms with Gasteiger partial charge in [0.15, 0.2) is 0 Å². The molecular weight excluding hydrogens is 565 g/mol. The van der Waals surface area contributed by atoms with E-state index in [2.05, 4.69) is 5.32 Å². The Morgan fingerprint density at radius 3 is 2.48 bits per heavy atom. The second-order valence-electron chi connectivity index (χ2n) is 10.9. The van der Waals surface area contributed by atoms with Crippen LogP contribution in [0.25, 0.3) is 11.1 Å². The third-order valence-electron chi connectivity index (χ3n) is 8.24. The van der Waals surface area contributed by atoms with Crippen molar-refractivity contribution in [2.24, 2.45) is 0 Å². The van der Waals surface area contributed by atoms with E-state index in [1.165, 1.54) is 32.2 Å². The molecular formula is C30H33ClFN5O5. The van der Waals surface area contributed by atoms with Gasteiger partial charge in [-0.2, -0.15) is 0 Å². The number of piperidine rings is 1. The number of likely N-dealkylation sites (tertiary alicyclic amines) is 1. The molecule has 0 bridgehead atoms. The average molecular weight is 598 g/mol. The molecule has 1 saturated heterocycles. The molecule has 3 amide bonds. The summed E-state index contributed by atoms with van der Waals surface area (Å²) in [4.78, 5) is 56.6. The van der Waals surface area contributed by atoms with Crippen molar-refractivity contribution in [3.8, 4) is 11.1 Å². The fourth-order valence-corrected chi connectivity index (χ4v) is 5.84. The van der Waals surface area contributed by atoms with Crippen molar-refractivity contribution in [2.75, 3.05) is 25.0 Å². The Morgan fingerprint density at radius 2 is 1.76 bits per heavy atom. The molecule has 2 aromatic carbocycles. The number of carbonyl (C=O) groups is 2. The van der Waals surface area contributed by atoms with Crippen molar-refractivity contribution in [3.05, 3.63) is 85.9 Å². The van der Waals surface area contributed by atoms with Crippen LogP contribution >= 0.6 is 11.6 Å². The van der Waals surface area contributed by atoms with Crippen molar-refractivity contribution < 1.29 is 19.1 Å². The van der Waals surface area contributed by atoms with Crippen LogP contribution < -0.4 is 16.6 Å². The first-order valence-electron chi connectivity index (χ1n) is 14.0. The van der Waals surface area contributed by atoms with Crippen molar-refractivity contribution >= 4 is 29.2 Å². The third kappa shape index (κ3) is 5.71. The molecule has 2 unspecified atom stereocenters. The Kier molecular flexibility index (Phi) is 8.51. The zero-order valence-electron chi connectivity index (χ0n) is 23.4. The molecule has 3 aromatic rings. The SMILES string of the molecule is CC(O)C(C)n1c(=O)c(-c2cccc(F)c2Cl)cn(CC(=O)N2CCC(N3CCc4ccccc4NC3=O)CC2)c1=O. The monoisotopic (exact) mass is 597 g/mol. The molecule has 0 saturated carbocycles. The van der Waals surface area contributed by atoms with E-state index in [9.17, 15) is 28.7 Å². The summed E-state index contributed by atoms with van der Waals surface area (Å²) in [7, 11) is 0. The van der Waals surface area contributed by atoms with Gasteiger partial charge in [0.25, 0.3) is 5.56 Å². The number of fused-ring (bicyclic) bond motifs is 1. The minimum atomic E-state index is -1.05. The number of halogens is 2. The smallest absolute Gasteiger partial charge is 0.331 e. The Labute approximate surface area is 246 Å². The number of nitrogens with one attached hydrogen (secondary N) is 1. The van der Waals surface area contributed by atoms with Gasteiger partial charge in [0, 0.05) is 43.1 Å². The highest BCUT2D eigenvalue weighted by Crippen LogP contribution is 2.28. The number of hydrogen-bond acceptors (Lipinski definition) is 5. The second kappa shape index (κ2) is 12.1. The summed E-state index contributed by atoms with van der Waals surface area (Å²) in [6.45, 7) is 3.95. The maximum Gasteiger partial charge on any atom is 0.331 e. The van der Waals surface area contributed by atoms with E-state index < -0.39 is 29.2 Å². The van der Waals surface area contributed by atoms with Crippen molar-refractivity contribution in [3.63, 3.8) is 0 Å². The number of rotatable bonds is 6. The number of para-hydroxylation sites is 1. The van der Waals surface area contributed by atoms with Gasteiger partial charge in [0.05, 0.1) is 22.7 Å². The number of amides is 3. The van der Waals surface area contributed by atoms with Gasteiger partial charge < -0.3 is 20.2 Å². The maximum absolute atomic E-state index is 14.3. The van der Waals surface area contributed by atoms with E-state index in [0.717, 1.165) is 32.9 Å². The lowest BCUT2D eigenvalue weighted by atomic mass is 10.0. The van der Waals surface area contributed by atoms with Crippen molar-refractivity contribution in [1.82, 2.24) is 18.9 Å². The highest BCUT2D eigenvalue weighted by molar-refractivity contribution is 6.33. The third-order valence-corrected chi connectivity index (χ3v) is 8.62.